The molecule has 3 heteroatoms. The first kappa shape index (κ1) is 10.4. The van der Waals surface area contributed by atoms with Crippen molar-refractivity contribution in [3.63, 3.8) is 0 Å². The number of carbonyl (C=O) groups is 1. The van der Waals surface area contributed by atoms with Crippen molar-refractivity contribution in [1.82, 2.24) is 4.98 Å². The minimum atomic E-state index is -0.947. The molecule has 16 heavy (non-hydrogen) atoms. The van der Waals surface area contributed by atoms with E-state index in [1.54, 1.807) is 12.3 Å². The number of aryl methyl sites for hydroxylation is 1. The summed E-state index contributed by atoms with van der Waals surface area (Å²) in [7, 11) is 0. The molecule has 0 aliphatic carbocycles. The number of aromatic nitrogens is 1. The molecule has 2 aromatic rings. The third-order valence-corrected chi connectivity index (χ3v) is 2.40. The summed E-state index contributed by atoms with van der Waals surface area (Å²) < 4.78 is 0. The number of hydrogen-bond acceptors (Lipinski definition) is 2. The average molecular weight is 213 g/mol. The van der Waals surface area contributed by atoms with Gasteiger partial charge in [-0.2, -0.15) is 0 Å². The Hall–Kier alpha value is -2.16. The second kappa shape index (κ2) is 4.14. The van der Waals surface area contributed by atoms with Crippen LogP contribution in [0, 0.1) is 6.92 Å². The quantitative estimate of drug-likeness (QED) is 0.780. The van der Waals surface area contributed by atoms with Crippen LogP contribution in [0.2, 0.25) is 0 Å². The lowest BCUT2D eigenvalue weighted by atomic mass is 10.1. The predicted molar refractivity (Wildman–Crippen MR) is 63.1 cm³/mol. The monoisotopic (exact) mass is 213 g/mol. The topological polar surface area (TPSA) is 50.2 Å². The molecule has 0 atom stereocenters. The number of nitrogens with zero attached hydrogens (tertiary/aromatic N) is 1. The summed E-state index contributed by atoms with van der Waals surface area (Å²) in [5.74, 6) is -0.947. The summed E-state index contributed by atoms with van der Waals surface area (Å²) in [6.07, 6.45) is 4.44. The van der Waals surface area contributed by atoms with Crippen molar-refractivity contribution in [2.24, 2.45) is 0 Å². The summed E-state index contributed by atoms with van der Waals surface area (Å²) in [6.45, 7) is 2.02. The zero-order valence-electron chi connectivity index (χ0n) is 8.84. The summed E-state index contributed by atoms with van der Waals surface area (Å²) in [4.78, 5) is 14.6. The van der Waals surface area contributed by atoms with Gasteiger partial charge in [-0.15, -0.1) is 0 Å². The van der Waals surface area contributed by atoms with Gasteiger partial charge in [0.15, 0.2) is 0 Å². The van der Waals surface area contributed by atoms with Crippen LogP contribution in [0.3, 0.4) is 0 Å². The van der Waals surface area contributed by atoms with E-state index in [1.807, 2.05) is 31.2 Å². The number of rotatable bonds is 2. The summed E-state index contributed by atoms with van der Waals surface area (Å²) in [5, 5.41) is 9.62. The van der Waals surface area contributed by atoms with Crippen molar-refractivity contribution in [1.29, 1.82) is 0 Å². The van der Waals surface area contributed by atoms with Gasteiger partial charge in [-0.3, -0.25) is 4.98 Å². The molecule has 0 saturated heterocycles. The van der Waals surface area contributed by atoms with Crippen LogP contribution in [-0.4, -0.2) is 16.1 Å². The van der Waals surface area contributed by atoms with Gasteiger partial charge in [-0.25, -0.2) is 4.79 Å². The van der Waals surface area contributed by atoms with Crippen LogP contribution >= 0.6 is 0 Å². The minimum absolute atomic E-state index is 0.841. The molecule has 0 bridgehead atoms. The summed E-state index contributed by atoms with van der Waals surface area (Å²) in [5.41, 5.74) is 2.89. The molecular weight excluding hydrogens is 202 g/mol. The standard InChI is InChI=1S/C13H11NO2/c1-9-6-7-14-12-8-10(2-4-11(9)12)3-5-13(15)16/h2-8H,1H3,(H,15,16)/b5-3+. The van der Waals surface area contributed by atoms with Crippen LogP contribution < -0.4 is 0 Å². The van der Waals surface area contributed by atoms with Gasteiger partial charge >= 0.3 is 5.97 Å². The minimum Gasteiger partial charge on any atom is -0.478 e. The molecule has 0 aliphatic rings. The lowest BCUT2D eigenvalue weighted by Crippen LogP contribution is -1.87. The van der Waals surface area contributed by atoms with E-state index >= 15 is 0 Å². The van der Waals surface area contributed by atoms with Gasteiger partial charge in [0.2, 0.25) is 0 Å². The zero-order chi connectivity index (χ0) is 11.5. The van der Waals surface area contributed by atoms with Gasteiger partial charge in [-0.05, 0) is 36.3 Å². The third kappa shape index (κ3) is 2.08. The molecular formula is C13H11NO2. The molecule has 0 saturated carbocycles. The van der Waals surface area contributed by atoms with Crippen molar-refractivity contribution in [2.75, 3.05) is 0 Å². The van der Waals surface area contributed by atoms with E-state index in [0.29, 0.717) is 0 Å². The van der Waals surface area contributed by atoms with Crippen molar-refractivity contribution in [2.45, 2.75) is 6.92 Å². The van der Waals surface area contributed by atoms with E-state index in [1.165, 1.54) is 5.56 Å². The number of carboxylic acid groups (broad SMARTS) is 1. The second-order valence-electron chi connectivity index (χ2n) is 3.58. The Balaban J connectivity index is 2.49. The van der Waals surface area contributed by atoms with Gasteiger partial charge in [0.1, 0.15) is 0 Å². The van der Waals surface area contributed by atoms with E-state index < -0.39 is 5.97 Å². The lowest BCUT2D eigenvalue weighted by molar-refractivity contribution is -0.131. The van der Waals surface area contributed by atoms with Crippen molar-refractivity contribution in [3.05, 3.63) is 47.7 Å². The van der Waals surface area contributed by atoms with Crippen LogP contribution in [0.25, 0.3) is 17.0 Å². The van der Waals surface area contributed by atoms with E-state index in [2.05, 4.69) is 4.98 Å². The number of pyridine rings is 1. The molecule has 1 N–H and O–H groups in total. The van der Waals surface area contributed by atoms with Crippen molar-refractivity contribution < 1.29 is 9.90 Å². The maximum Gasteiger partial charge on any atom is 0.328 e. The van der Waals surface area contributed by atoms with Crippen molar-refractivity contribution >= 4 is 22.9 Å². The van der Waals surface area contributed by atoms with Gasteiger partial charge in [0, 0.05) is 17.7 Å². The van der Waals surface area contributed by atoms with Crippen LogP contribution in [0.15, 0.2) is 36.5 Å². The molecule has 1 aromatic heterocycles. The summed E-state index contributed by atoms with van der Waals surface area (Å²) >= 11 is 0. The van der Waals surface area contributed by atoms with E-state index in [-0.39, 0.29) is 0 Å². The van der Waals surface area contributed by atoms with Gasteiger partial charge < -0.3 is 5.11 Å². The summed E-state index contributed by atoms with van der Waals surface area (Å²) in [6, 6.07) is 7.67. The third-order valence-electron chi connectivity index (χ3n) is 2.40. The maximum absolute atomic E-state index is 10.4. The number of carboxylic acids is 1. The fourth-order valence-electron chi connectivity index (χ4n) is 1.58. The highest BCUT2D eigenvalue weighted by Crippen LogP contribution is 2.17. The van der Waals surface area contributed by atoms with Crippen molar-refractivity contribution in [3.8, 4) is 0 Å². The first-order valence-electron chi connectivity index (χ1n) is 4.93. The Morgan fingerprint density at radius 3 is 2.94 bits per heavy atom. The van der Waals surface area contributed by atoms with Crippen LogP contribution in [0.5, 0.6) is 0 Å². The van der Waals surface area contributed by atoms with Crippen LogP contribution in [-0.2, 0) is 4.79 Å². The fourth-order valence-corrected chi connectivity index (χ4v) is 1.58. The smallest absolute Gasteiger partial charge is 0.328 e. The van der Waals surface area contributed by atoms with Gasteiger partial charge in [-0.1, -0.05) is 12.1 Å². The van der Waals surface area contributed by atoms with E-state index in [9.17, 15) is 4.79 Å². The molecule has 0 fully saturated rings. The molecule has 3 nitrogen and oxygen atoms in total. The molecule has 80 valence electrons. The van der Waals surface area contributed by atoms with E-state index in [4.69, 9.17) is 5.11 Å². The Labute approximate surface area is 93.1 Å². The first-order valence-corrected chi connectivity index (χ1v) is 4.93. The van der Waals surface area contributed by atoms with Crippen LogP contribution in [0.4, 0.5) is 0 Å². The van der Waals surface area contributed by atoms with Crippen LogP contribution in [0.1, 0.15) is 11.1 Å². The highest BCUT2D eigenvalue weighted by molar-refractivity contribution is 5.88. The molecule has 0 aliphatic heterocycles. The lowest BCUT2D eigenvalue weighted by Gasteiger charge is -2.01. The molecule has 2 rings (SSSR count). The highest BCUT2D eigenvalue weighted by atomic mass is 16.4. The molecule has 0 amide bonds. The number of hydrogen-bond donors (Lipinski definition) is 1. The largest absolute Gasteiger partial charge is 0.478 e. The maximum atomic E-state index is 10.4. The van der Waals surface area contributed by atoms with E-state index in [0.717, 1.165) is 22.5 Å². The van der Waals surface area contributed by atoms with Gasteiger partial charge in [0.05, 0.1) is 5.52 Å². The molecule has 1 aromatic carbocycles. The fraction of sp³-hybridized carbons (Fsp3) is 0.0769. The Morgan fingerprint density at radius 2 is 2.19 bits per heavy atom. The average Bonchev–Trinajstić information content (AvgIpc) is 2.26. The number of aliphatic carboxylic acids is 1. The Morgan fingerprint density at radius 1 is 1.38 bits per heavy atom. The number of fused-ring (bicyclic) bond motifs is 1. The normalized spacial score (nSPS) is 11.1. The SMILES string of the molecule is Cc1ccnc2cc(/C=C/C(=O)O)ccc12. The molecule has 0 unspecified atom stereocenters. The van der Waals surface area contributed by atoms with Gasteiger partial charge in [0.25, 0.3) is 0 Å². The molecule has 1 heterocycles. The highest BCUT2D eigenvalue weighted by Gasteiger charge is 1.98. The zero-order valence-corrected chi connectivity index (χ0v) is 8.84. The first-order chi connectivity index (χ1) is 7.66. The predicted octanol–water partition coefficient (Wildman–Crippen LogP) is 2.64. The number of benzene rings is 1. The Bertz CT molecular complexity index is 573. The molecule has 0 radical (unpaired) electrons. The second-order valence-corrected chi connectivity index (χ2v) is 3.58. The Kier molecular flexibility index (Phi) is 2.68. The molecule has 0 spiro atoms.